The molecule has 32 heavy (non-hydrogen) atoms. The molecule has 0 aromatic heterocycles. The van der Waals surface area contributed by atoms with Gasteiger partial charge < -0.3 is 20.3 Å². The summed E-state index contributed by atoms with van der Waals surface area (Å²) >= 11 is 0. The zero-order chi connectivity index (χ0) is 23.6. The van der Waals surface area contributed by atoms with Gasteiger partial charge in [-0.2, -0.15) is 0 Å². The van der Waals surface area contributed by atoms with E-state index in [2.05, 4.69) is 10.6 Å². The minimum absolute atomic E-state index is 0.149. The van der Waals surface area contributed by atoms with E-state index in [0.29, 0.717) is 24.5 Å². The lowest BCUT2D eigenvalue weighted by atomic mass is 10.0. The minimum atomic E-state index is -3.54. The molecule has 9 nitrogen and oxygen atoms in total. The van der Waals surface area contributed by atoms with Crippen LogP contribution in [0.1, 0.15) is 27.2 Å². The maximum atomic E-state index is 13.6. The predicted molar refractivity (Wildman–Crippen MR) is 121 cm³/mol. The van der Waals surface area contributed by atoms with Crippen molar-refractivity contribution in [3.05, 3.63) is 42.3 Å². The maximum Gasteiger partial charge on any atom is 0.246 e. The third kappa shape index (κ3) is 4.91. The largest absolute Gasteiger partial charge is 0.458 e. The quantitative estimate of drug-likeness (QED) is 0.592. The normalized spacial score (nSPS) is 22.4. The first-order chi connectivity index (χ1) is 15.0. The van der Waals surface area contributed by atoms with Gasteiger partial charge in [0.1, 0.15) is 23.6 Å². The van der Waals surface area contributed by atoms with Crippen LogP contribution in [0.5, 0.6) is 5.75 Å². The Morgan fingerprint density at radius 3 is 2.38 bits per heavy atom. The molecule has 0 aliphatic carbocycles. The first-order valence-corrected chi connectivity index (χ1v) is 12.6. The summed E-state index contributed by atoms with van der Waals surface area (Å²) in [4.78, 5) is 27.7. The number of carbonyl (C=O) groups is 2. The highest BCUT2D eigenvalue weighted by Crippen LogP contribution is 2.37. The van der Waals surface area contributed by atoms with Crippen molar-refractivity contribution in [1.29, 1.82) is 0 Å². The summed E-state index contributed by atoms with van der Waals surface area (Å²) in [5.41, 5.74) is 0. The number of amides is 2. The summed E-state index contributed by atoms with van der Waals surface area (Å²) in [6, 6.07) is 6.87. The first-order valence-electron chi connectivity index (χ1n) is 10.8. The second-order valence-corrected chi connectivity index (χ2v) is 10.5. The van der Waals surface area contributed by atoms with Gasteiger partial charge in [0.05, 0.1) is 24.5 Å². The van der Waals surface area contributed by atoms with Crippen molar-refractivity contribution in [2.24, 2.45) is 5.92 Å². The molecule has 3 rings (SSSR count). The van der Waals surface area contributed by atoms with Crippen molar-refractivity contribution in [3.63, 3.8) is 0 Å². The van der Waals surface area contributed by atoms with Crippen molar-refractivity contribution in [2.75, 3.05) is 19.8 Å². The lowest BCUT2D eigenvalue weighted by Crippen LogP contribution is -2.56. The number of nitrogens with one attached hydrogen (secondary N) is 2. The Kier molecular flexibility index (Phi) is 7.14. The van der Waals surface area contributed by atoms with Gasteiger partial charge in [-0.05, 0) is 38.4 Å². The van der Waals surface area contributed by atoms with Crippen LogP contribution in [0.15, 0.2) is 42.3 Å². The molecule has 1 saturated heterocycles. The number of ether oxygens (including phenoxy) is 1. The zero-order valence-corrected chi connectivity index (χ0v) is 19.9. The van der Waals surface area contributed by atoms with E-state index in [9.17, 15) is 18.0 Å². The standard InChI is InChI=1S/C22H32N4O5S/c1-14(2)19(24-21(27)15(3)23-4)22(28)25-12-11-17-20(25)18(13-26(17)32(5,29)30)31-16-9-7-6-8-10-16/h6-10,13-15,17,19-20,23H,11-12H2,1-5H3,(H,24,27). The van der Waals surface area contributed by atoms with Crippen molar-refractivity contribution in [1.82, 2.24) is 19.8 Å². The second kappa shape index (κ2) is 9.50. The van der Waals surface area contributed by atoms with Crippen LogP contribution in [0.25, 0.3) is 0 Å². The molecule has 2 N–H and O–H groups in total. The Hall–Kier alpha value is -2.59. The maximum absolute atomic E-state index is 13.6. The molecule has 1 aromatic rings. The van der Waals surface area contributed by atoms with Crippen LogP contribution in [-0.4, -0.2) is 73.5 Å². The van der Waals surface area contributed by atoms with Gasteiger partial charge in [-0.15, -0.1) is 0 Å². The zero-order valence-electron chi connectivity index (χ0n) is 19.1. The minimum Gasteiger partial charge on any atom is -0.458 e. The van der Waals surface area contributed by atoms with Crippen LogP contribution < -0.4 is 15.4 Å². The van der Waals surface area contributed by atoms with E-state index in [1.165, 1.54) is 10.5 Å². The van der Waals surface area contributed by atoms with Crippen molar-refractivity contribution < 1.29 is 22.7 Å². The molecule has 176 valence electrons. The third-order valence-corrected chi connectivity index (χ3v) is 7.08. The molecule has 0 radical (unpaired) electrons. The van der Waals surface area contributed by atoms with Gasteiger partial charge in [0, 0.05) is 6.54 Å². The SMILES string of the molecule is CNC(C)C(=O)NC(C(=O)N1CCC2C1C(Oc1ccccc1)=CN2S(C)(=O)=O)C(C)C. The fraction of sp³-hybridized carbons (Fsp3) is 0.545. The predicted octanol–water partition coefficient (Wildman–Crippen LogP) is 0.900. The molecule has 1 fully saturated rings. The lowest BCUT2D eigenvalue weighted by Gasteiger charge is -2.32. The summed E-state index contributed by atoms with van der Waals surface area (Å²) in [7, 11) is -1.86. The highest BCUT2D eigenvalue weighted by atomic mass is 32.2. The van der Waals surface area contributed by atoms with E-state index in [1.54, 1.807) is 31.0 Å². The Labute approximate surface area is 189 Å². The van der Waals surface area contributed by atoms with Gasteiger partial charge in [-0.3, -0.25) is 13.9 Å². The molecule has 2 heterocycles. The molecule has 2 aliphatic rings. The number of carbonyl (C=O) groups excluding carboxylic acids is 2. The number of benzene rings is 1. The molecule has 4 atom stereocenters. The molecular weight excluding hydrogens is 432 g/mol. The summed E-state index contributed by atoms with van der Waals surface area (Å²) < 4.78 is 32.1. The number of sulfonamides is 1. The number of fused-ring (bicyclic) bond motifs is 1. The van der Waals surface area contributed by atoms with Crippen LogP contribution in [0, 0.1) is 5.92 Å². The van der Waals surface area contributed by atoms with Gasteiger partial charge >= 0.3 is 0 Å². The molecule has 2 aliphatic heterocycles. The molecule has 0 saturated carbocycles. The number of likely N-dealkylation sites (tertiary alicyclic amines) is 1. The van der Waals surface area contributed by atoms with Crippen LogP contribution in [-0.2, 0) is 19.6 Å². The van der Waals surface area contributed by atoms with E-state index >= 15 is 0 Å². The summed E-state index contributed by atoms with van der Waals surface area (Å²) in [6.07, 6.45) is 3.10. The Bertz CT molecular complexity index is 979. The average Bonchev–Trinajstić information content (AvgIpc) is 3.32. The molecule has 1 aromatic carbocycles. The van der Waals surface area contributed by atoms with E-state index in [0.717, 1.165) is 6.26 Å². The van der Waals surface area contributed by atoms with Crippen LogP contribution in [0.4, 0.5) is 0 Å². The summed E-state index contributed by atoms with van der Waals surface area (Å²) in [5.74, 6) is 0.292. The molecule has 4 unspecified atom stereocenters. The van der Waals surface area contributed by atoms with Crippen molar-refractivity contribution in [3.8, 4) is 5.75 Å². The Balaban J connectivity index is 1.89. The van der Waals surface area contributed by atoms with Gasteiger partial charge in [0.25, 0.3) is 0 Å². The topological polar surface area (TPSA) is 108 Å². The molecule has 0 bridgehead atoms. The van der Waals surface area contributed by atoms with E-state index in [4.69, 9.17) is 4.74 Å². The van der Waals surface area contributed by atoms with Crippen LogP contribution in [0.3, 0.4) is 0 Å². The van der Waals surface area contributed by atoms with Crippen molar-refractivity contribution in [2.45, 2.75) is 51.4 Å². The molecule has 10 heteroatoms. The van der Waals surface area contributed by atoms with E-state index in [1.807, 2.05) is 32.0 Å². The van der Waals surface area contributed by atoms with E-state index < -0.39 is 34.2 Å². The summed E-state index contributed by atoms with van der Waals surface area (Å²) in [5, 5.41) is 5.72. The number of likely N-dealkylation sites (N-methyl/N-ethyl adjacent to an activating group) is 1. The molecule has 0 spiro atoms. The van der Waals surface area contributed by atoms with Crippen LogP contribution >= 0.6 is 0 Å². The van der Waals surface area contributed by atoms with Crippen molar-refractivity contribution >= 4 is 21.8 Å². The lowest BCUT2D eigenvalue weighted by molar-refractivity contribution is -0.138. The molecular formula is C22H32N4O5S. The average molecular weight is 465 g/mol. The second-order valence-electron chi connectivity index (χ2n) is 8.61. The fourth-order valence-electron chi connectivity index (χ4n) is 4.09. The Morgan fingerprint density at radius 2 is 1.81 bits per heavy atom. The highest BCUT2D eigenvalue weighted by Gasteiger charge is 2.51. The number of rotatable bonds is 8. The first kappa shape index (κ1) is 24.1. The van der Waals surface area contributed by atoms with Crippen LogP contribution in [0.2, 0.25) is 0 Å². The smallest absolute Gasteiger partial charge is 0.246 e. The van der Waals surface area contributed by atoms with Gasteiger partial charge in [0.2, 0.25) is 21.8 Å². The number of hydrogen-bond donors (Lipinski definition) is 2. The molecule has 2 amide bonds. The van der Waals surface area contributed by atoms with Gasteiger partial charge in [0.15, 0.2) is 0 Å². The third-order valence-electron chi connectivity index (χ3n) is 5.94. The Morgan fingerprint density at radius 1 is 1.16 bits per heavy atom. The number of nitrogens with zero attached hydrogens (tertiary/aromatic N) is 2. The number of hydrogen-bond acceptors (Lipinski definition) is 6. The number of para-hydroxylation sites is 1. The highest BCUT2D eigenvalue weighted by molar-refractivity contribution is 7.88. The monoisotopic (exact) mass is 464 g/mol. The van der Waals surface area contributed by atoms with E-state index in [-0.39, 0.29) is 17.7 Å². The summed E-state index contributed by atoms with van der Waals surface area (Å²) in [6.45, 7) is 5.83. The van der Waals surface area contributed by atoms with Gasteiger partial charge in [-0.25, -0.2) is 8.42 Å². The fourth-order valence-corrected chi connectivity index (χ4v) is 5.09. The van der Waals surface area contributed by atoms with Gasteiger partial charge in [-0.1, -0.05) is 32.0 Å².